The number of pyridine rings is 1. The van der Waals surface area contributed by atoms with Gasteiger partial charge in [0.05, 0.1) is 5.52 Å². The van der Waals surface area contributed by atoms with E-state index in [4.69, 9.17) is 4.74 Å². The van der Waals surface area contributed by atoms with E-state index in [1.807, 2.05) is 44.0 Å². The lowest BCUT2D eigenvalue weighted by molar-refractivity contribution is 0.0205. The van der Waals surface area contributed by atoms with E-state index in [1.54, 1.807) is 0 Å². The Morgan fingerprint density at radius 3 is 2.62 bits per heavy atom. The van der Waals surface area contributed by atoms with Crippen LogP contribution < -0.4 is 0 Å². The fraction of sp³-hybridized carbons (Fsp3) is 0.474. The number of nitrogens with zero attached hydrogens (tertiary/aromatic N) is 2. The van der Waals surface area contributed by atoms with Crippen LogP contribution in [-0.4, -0.2) is 34.7 Å². The van der Waals surface area contributed by atoms with Gasteiger partial charge in [-0.2, -0.15) is 0 Å². The first-order chi connectivity index (χ1) is 11.3. The Bertz CT molecular complexity index is 747. The van der Waals surface area contributed by atoms with Crippen LogP contribution in [-0.2, 0) is 4.74 Å². The molecule has 2 heterocycles. The first kappa shape index (κ1) is 17.2. The average molecular weight is 391 g/mol. The highest BCUT2D eigenvalue weighted by atomic mass is 79.9. The van der Waals surface area contributed by atoms with E-state index in [-0.39, 0.29) is 6.09 Å². The summed E-state index contributed by atoms with van der Waals surface area (Å²) in [6.45, 7) is 7.17. The van der Waals surface area contributed by atoms with Gasteiger partial charge in [-0.25, -0.2) is 4.79 Å². The summed E-state index contributed by atoms with van der Waals surface area (Å²) in [5.74, 6) is 0.448. The summed E-state index contributed by atoms with van der Waals surface area (Å²) < 4.78 is 6.50. The Labute approximate surface area is 151 Å². The molecule has 1 saturated heterocycles. The zero-order valence-corrected chi connectivity index (χ0v) is 16.0. The molecule has 0 N–H and O–H groups in total. The molecule has 0 saturated carbocycles. The normalized spacial score (nSPS) is 16.4. The number of halogens is 1. The van der Waals surface area contributed by atoms with Gasteiger partial charge in [-0.15, -0.1) is 0 Å². The van der Waals surface area contributed by atoms with Crippen molar-refractivity contribution in [3.05, 3.63) is 40.5 Å². The van der Waals surface area contributed by atoms with Crippen LogP contribution in [0, 0.1) is 0 Å². The lowest BCUT2D eigenvalue weighted by Crippen LogP contribution is -2.41. The highest BCUT2D eigenvalue weighted by Crippen LogP contribution is 2.30. The van der Waals surface area contributed by atoms with Crippen LogP contribution in [0.5, 0.6) is 0 Å². The van der Waals surface area contributed by atoms with Crippen molar-refractivity contribution in [1.29, 1.82) is 0 Å². The standard InChI is InChI=1S/C19H23BrN2O2/c1-19(2,3)24-18(23)22-8-6-13(7-9-22)15-10-14-4-5-16(20)11-17(14)21-12-15/h4-5,10-13H,6-9H2,1-3H3. The summed E-state index contributed by atoms with van der Waals surface area (Å²) in [4.78, 5) is 18.5. The molecule has 24 heavy (non-hydrogen) atoms. The summed E-state index contributed by atoms with van der Waals surface area (Å²) in [5.41, 5.74) is 1.82. The molecule has 128 valence electrons. The number of benzene rings is 1. The van der Waals surface area contributed by atoms with E-state index in [9.17, 15) is 4.79 Å². The molecule has 1 fully saturated rings. The predicted octanol–water partition coefficient (Wildman–Crippen LogP) is 5.11. The van der Waals surface area contributed by atoms with E-state index in [0.29, 0.717) is 5.92 Å². The molecule has 0 atom stereocenters. The average Bonchev–Trinajstić information content (AvgIpc) is 2.53. The summed E-state index contributed by atoms with van der Waals surface area (Å²) in [6.07, 6.45) is 3.66. The molecule has 0 spiro atoms. The molecule has 0 radical (unpaired) electrons. The van der Waals surface area contributed by atoms with Gasteiger partial charge in [0.25, 0.3) is 0 Å². The Morgan fingerprint density at radius 2 is 1.96 bits per heavy atom. The summed E-state index contributed by atoms with van der Waals surface area (Å²) in [7, 11) is 0. The van der Waals surface area contributed by atoms with Crippen LogP contribution >= 0.6 is 15.9 Å². The number of piperidine rings is 1. The van der Waals surface area contributed by atoms with E-state index >= 15 is 0 Å². The lowest BCUT2D eigenvalue weighted by atomic mass is 9.90. The molecular formula is C19H23BrN2O2. The first-order valence-corrected chi connectivity index (χ1v) is 9.14. The quantitative estimate of drug-likeness (QED) is 0.678. The maximum atomic E-state index is 12.2. The molecule has 1 amide bonds. The zero-order valence-electron chi connectivity index (χ0n) is 14.4. The number of fused-ring (bicyclic) bond motifs is 1. The fourth-order valence-electron chi connectivity index (χ4n) is 3.06. The van der Waals surface area contributed by atoms with Crippen LogP contribution in [0.2, 0.25) is 0 Å². The third-order valence-electron chi connectivity index (χ3n) is 4.29. The van der Waals surface area contributed by atoms with Gasteiger partial charge in [0.1, 0.15) is 5.60 Å². The van der Waals surface area contributed by atoms with Gasteiger partial charge < -0.3 is 9.64 Å². The van der Waals surface area contributed by atoms with E-state index < -0.39 is 5.60 Å². The Balaban J connectivity index is 1.66. The minimum atomic E-state index is -0.440. The minimum absolute atomic E-state index is 0.206. The number of rotatable bonds is 1. The number of amides is 1. The Morgan fingerprint density at radius 1 is 1.25 bits per heavy atom. The van der Waals surface area contributed by atoms with Crippen molar-refractivity contribution < 1.29 is 9.53 Å². The van der Waals surface area contributed by atoms with Gasteiger partial charge in [-0.1, -0.05) is 22.0 Å². The van der Waals surface area contributed by atoms with Gasteiger partial charge in [0.15, 0.2) is 0 Å². The number of hydrogen-bond donors (Lipinski definition) is 0. The van der Waals surface area contributed by atoms with Crippen molar-refractivity contribution in [2.45, 2.75) is 45.1 Å². The van der Waals surface area contributed by atoms with Gasteiger partial charge in [0, 0.05) is 29.1 Å². The zero-order chi connectivity index (χ0) is 17.3. The summed E-state index contributed by atoms with van der Waals surface area (Å²) in [5, 5.41) is 1.16. The molecule has 1 aromatic heterocycles. The van der Waals surface area contributed by atoms with E-state index in [1.165, 1.54) is 5.56 Å². The van der Waals surface area contributed by atoms with Crippen LogP contribution in [0.4, 0.5) is 4.79 Å². The van der Waals surface area contributed by atoms with Gasteiger partial charge in [0.2, 0.25) is 0 Å². The highest BCUT2D eigenvalue weighted by Gasteiger charge is 2.27. The molecule has 0 unspecified atom stereocenters. The van der Waals surface area contributed by atoms with Gasteiger partial charge >= 0.3 is 6.09 Å². The van der Waals surface area contributed by atoms with Crippen LogP contribution in [0.15, 0.2) is 34.9 Å². The highest BCUT2D eigenvalue weighted by molar-refractivity contribution is 9.10. The summed E-state index contributed by atoms with van der Waals surface area (Å²) >= 11 is 3.48. The maximum absolute atomic E-state index is 12.2. The number of carbonyl (C=O) groups is 1. The molecule has 3 rings (SSSR count). The molecule has 1 aromatic carbocycles. The Hall–Kier alpha value is -1.62. The topological polar surface area (TPSA) is 42.4 Å². The second-order valence-electron chi connectivity index (χ2n) is 7.35. The molecule has 1 aliphatic heterocycles. The molecule has 1 aliphatic rings. The Kier molecular flexibility index (Phi) is 4.81. The van der Waals surface area contributed by atoms with Crippen molar-refractivity contribution in [3.63, 3.8) is 0 Å². The van der Waals surface area contributed by atoms with Gasteiger partial charge in [-0.05, 0) is 63.3 Å². The smallest absolute Gasteiger partial charge is 0.410 e. The molecule has 0 bridgehead atoms. The monoisotopic (exact) mass is 390 g/mol. The summed E-state index contributed by atoms with van der Waals surface area (Å²) in [6, 6.07) is 8.39. The maximum Gasteiger partial charge on any atom is 0.410 e. The number of hydrogen-bond acceptors (Lipinski definition) is 3. The van der Waals surface area contributed by atoms with Gasteiger partial charge in [-0.3, -0.25) is 4.98 Å². The largest absolute Gasteiger partial charge is 0.444 e. The van der Waals surface area contributed by atoms with Crippen molar-refractivity contribution in [3.8, 4) is 0 Å². The van der Waals surface area contributed by atoms with E-state index in [0.717, 1.165) is 41.3 Å². The third-order valence-corrected chi connectivity index (χ3v) is 4.78. The second-order valence-corrected chi connectivity index (χ2v) is 8.26. The van der Waals surface area contributed by atoms with Crippen molar-refractivity contribution in [2.75, 3.05) is 13.1 Å². The lowest BCUT2D eigenvalue weighted by Gasteiger charge is -2.33. The molecule has 0 aliphatic carbocycles. The van der Waals surface area contributed by atoms with Crippen molar-refractivity contribution in [1.82, 2.24) is 9.88 Å². The molecule has 4 nitrogen and oxygen atoms in total. The second kappa shape index (κ2) is 6.71. The predicted molar refractivity (Wildman–Crippen MR) is 99.2 cm³/mol. The SMILES string of the molecule is CC(C)(C)OC(=O)N1CCC(c2cnc3cc(Br)ccc3c2)CC1. The van der Waals surface area contributed by atoms with Crippen molar-refractivity contribution in [2.24, 2.45) is 0 Å². The minimum Gasteiger partial charge on any atom is -0.444 e. The first-order valence-electron chi connectivity index (χ1n) is 8.35. The fourth-order valence-corrected chi connectivity index (χ4v) is 3.41. The van der Waals surface area contributed by atoms with Crippen LogP contribution in [0.1, 0.15) is 45.1 Å². The van der Waals surface area contributed by atoms with Crippen LogP contribution in [0.25, 0.3) is 10.9 Å². The number of aromatic nitrogens is 1. The third kappa shape index (κ3) is 4.07. The number of likely N-dealkylation sites (tertiary alicyclic amines) is 1. The van der Waals surface area contributed by atoms with Crippen molar-refractivity contribution >= 4 is 32.9 Å². The molecule has 2 aromatic rings. The number of ether oxygens (including phenoxy) is 1. The van der Waals surface area contributed by atoms with E-state index in [2.05, 4.69) is 33.0 Å². The number of carbonyl (C=O) groups excluding carboxylic acids is 1. The molecular weight excluding hydrogens is 368 g/mol. The molecule has 5 heteroatoms. The van der Waals surface area contributed by atoms with Crippen LogP contribution in [0.3, 0.4) is 0 Å².